The molecule has 0 bridgehead atoms. The largest absolute Gasteiger partial charge is 0.497 e. The average molecular weight is 603 g/mol. The highest BCUT2D eigenvalue weighted by atomic mass is 32.2. The van der Waals surface area contributed by atoms with Crippen LogP contribution in [-0.4, -0.2) is 64.2 Å². The predicted molar refractivity (Wildman–Crippen MR) is 167 cm³/mol. The molecule has 1 spiro atoms. The van der Waals surface area contributed by atoms with Gasteiger partial charge in [-0.05, 0) is 91.0 Å². The summed E-state index contributed by atoms with van der Waals surface area (Å²) in [6, 6.07) is 21.2. The monoisotopic (exact) mass is 602 g/mol. The fourth-order valence-corrected chi connectivity index (χ4v) is 7.75. The first-order valence-electron chi connectivity index (χ1n) is 14.8. The molecule has 1 aliphatic carbocycles. The average Bonchev–Trinajstić information content (AvgIpc) is 3.42. The summed E-state index contributed by atoms with van der Waals surface area (Å²) in [4.78, 5) is 16.0. The Balaban J connectivity index is 1.12. The van der Waals surface area contributed by atoms with Crippen molar-refractivity contribution in [1.82, 2.24) is 4.90 Å². The van der Waals surface area contributed by atoms with E-state index >= 15 is 0 Å². The number of amides is 1. The van der Waals surface area contributed by atoms with Crippen molar-refractivity contribution in [2.75, 3.05) is 38.4 Å². The van der Waals surface area contributed by atoms with Crippen LogP contribution in [0.5, 0.6) is 5.75 Å². The number of hydrogen-bond donors (Lipinski definition) is 1. The number of nitrogens with one attached hydrogen (secondary N) is 1. The summed E-state index contributed by atoms with van der Waals surface area (Å²) < 4.78 is 43.1. The van der Waals surface area contributed by atoms with Crippen LogP contribution in [0, 0.1) is 0 Å². The lowest BCUT2D eigenvalue weighted by molar-refractivity contribution is -0.183. The Morgan fingerprint density at radius 2 is 1.65 bits per heavy atom. The summed E-state index contributed by atoms with van der Waals surface area (Å²) in [7, 11) is 0.233. The second kappa shape index (κ2) is 12.2. The van der Waals surface area contributed by atoms with Crippen LogP contribution < -0.4 is 10.1 Å². The molecule has 3 aliphatic rings. The maximum absolute atomic E-state index is 13.3. The number of rotatable bonds is 7. The van der Waals surface area contributed by atoms with Gasteiger partial charge in [0.25, 0.3) is 5.91 Å². The van der Waals surface area contributed by atoms with Gasteiger partial charge >= 0.3 is 0 Å². The van der Waals surface area contributed by atoms with Gasteiger partial charge < -0.3 is 19.5 Å². The van der Waals surface area contributed by atoms with Gasteiger partial charge in [-0.25, -0.2) is 8.42 Å². The van der Waals surface area contributed by atoms with E-state index in [0.717, 1.165) is 54.7 Å². The molecule has 2 heterocycles. The van der Waals surface area contributed by atoms with E-state index in [2.05, 4.69) is 17.3 Å². The van der Waals surface area contributed by atoms with Crippen molar-refractivity contribution in [3.05, 3.63) is 83.4 Å². The molecular formula is C34H38N2O6S. The van der Waals surface area contributed by atoms with Gasteiger partial charge in [0, 0.05) is 36.7 Å². The zero-order valence-electron chi connectivity index (χ0n) is 24.7. The molecule has 43 heavy (non-hydrogen) atoms. The van der Waals surface area contributed by atoms with Crippen LogP contribution >= 0.6 is 0 Å². The van der Waals surface area contributed by atoms with E-state index in [1.54, 1.807) is 25.3 Å². The maximum atomic E-state index is 13.3. The van der Waals surface area contributed by atoms with Gasteiger partial charge in [-0.2, -0.15) is 0 Å². The number of ether oxygens (including phenoxy) is 3. The van der Waals surface area contributed by atoms with Crippen LogP contribution in [0.2, 0.25) is 0 Å². The van der Waals surface area contributed by atoms with Crippen LogP contribution in [0.1, 0.15) is 43.2 Å². The Labute approximate surface area is 253 Å². The fourth-order valence-electron chi connectivity index (χ4n) is 6.29. The molecule has 1 N–H and O–H groups in total. The first kappa shape index (κ1) is 29.6. The normalized spacial score (nSPS) is 19.5. The third-order valence-corrected chi connectivity index (χ3v) is 10.6. The molecule has 0 unspecified atom stereocenters. The van der Waals surface area contributed by atoms with E-state index in [-0.39, 0.29) is 28.8 Å². The number of hydrogen-bond acceptors (Lipinski definition) is 7. The number of sulfone groups is 1. The number of anilines is 1. The molecule has 8 nitrogen and oxygen atoms in total. The summed E-state index contributed by atoms with van der Waals surface area (Å²) in [5, 5.41) is 2.97. The van der Waals surface area contributed by atoms with Crippen molar-refractivity contribution >= 4 is 27.5 Å². The molecule has 2 aliphatic heterocycles. The van der Waals surface area contributed by atoms with Crippen molar-refractivity contribution in [1.29, 1.82) is 0 Å². The second-order valence-electron chi connectivity index (χ2n) is 11.6. The standard InChI is InChI=1S/C34H38N2O6S/c1-36(30-13-16-34(17-14-30)41-18-19-42-34)23-24-3-8-29(9-4-24)35-33(37)27-15-20-43(38,39)32-12-7-26(21-28(32)22-27)25-5-10-31(40-2)11-6-25/h3-12,21-22,30H,13-20,23H2,1-2H3,(H,35,37). The number of nitrogens with zero attached hydrogens (tertiary/aromatic N) is 1. The summed E-state index contributed by atoms with van der Waals surface area (Å²) in [5.74, 6) is -0.0234. The molecule has 9 heteroatoms. The molecular weight excluding hydrogens is 564 g/mol. The van der Waals surface area contributed by atoms with Crippen molar-refractivity contribution in [3.8, 4) is 16.9 Å². The van der Waals surface area contributed by atoms with Gasteiger partial charge in [0.15, 0.2) is 15.6 Å². The van der Waals surface area contributed by atoms with Crippen LogP contribution in [0.3, 0.4) is 0 Å². The molecule has 2 fully saturated rings. The van der Waals surface area contributed by atoms with Crippen molar-refractivity contribution in [2.24, 2.45) is 0 Å². The summed E-state index contributed by atoms with van der Waals surface area (Å²) in [6.45, 7) is 2.20. The van der Waals surface area contributed by atoms with E-state index in [1.807, 2.05) is 54.6 Å². The summed E-state index contributed by atoms with van der Waals surface area (Å²) in [5.41, 5.74) is 4.58. The third-order valence-electron chi connectivity index (χ3n) is 8.83. The lowest BCUT2D eigenvalue weighted by Gasteiger charge is -2.39. The SMILES string of the molecule is COc1ccc(-c2ccc3c(c2)C=C(C(=O)Nc2ccc(CN(C)C4CCC5(CC4)OCCO5)cc2)CCS3(=O)=O)cc1. The lowest BCUT2D eigenvalue weighted by Crippen LogP contribution is -2.42. The molecule has 1 saturated heterocycles. The summed E-state index contributed by atoms with van der Waals surface area (Å²) >= 11 is 0. The number of fused-ring (bicyclic) bond motifs is 1. The van der Waals surface area contributed by atoms with Gasteiger partial charge in [0.2, 0.25) is 0 Å². The van der Waals surface area contributed by atoms with Gasteiger partial charge in [0.05, 0.1) is 31.0 Å². The zero-order chi connectivity index (χ0) is 30.0. The molecule has 0 atom stereocenters. The van der Waals surface area contributed by atoms with Gasteiger partial charge in [-0.15, -0.1) is 0 Å². The van der Waals surface area contributed by atoms with E-state index < -0.39 is 9.84 Å². The molecule has 1 saturated carbocycles. The zero-order valence-corrected chi connectivity index (χ0v) is 25.5. The fraction of sp³-hybridized carbons (Fsp3) is 0.382. The third kappa shape index (κ3) is 6.55. The molecule has 226 valence electrons. The van der Waals surface area contributed by atoms with E-state index in [1.165, 1.54) is 0 Å². The second-order valence-corrected chi connectivity index (χ2v) is 13.7. The Morgan fingerprint density at radius 3 is 2.33 bits per heavy atom. The Bertz CT molecular complexity index is 1600. The van der Waals surface area contributed by atoms with E-state index in [9.17, 15) is 13.2 Å². The minimum absolute atomic E-state index is 0.118. The Morgan fingerprint density at radius 1 is 0.977 bits per heavy atom. The minimum atomic E-state index is -3.53. The van der Waals surface area contributed by atoms with E-state index in [0.29, 0.717) is 36.1 Å². The van der Waals surface area contributed by atoms with Crippen molar-refractivity contribution < 1.29 is 27.4 Å². The first-order valence-corrected chi connectivity index (χ1v) is 16.5. The predicted octanol–water partition coefficient (Wildman–Crippen LogP) is 5.68. The van der Waals surface area contributed by atoms with E-state index in [4.69, 9.17) is 14.2 Å². The Kier molecular flexibility index (Phi) is 8.42. The lowest BCUT2D eigenvalue weighted by atomic mass is 9.89. The smallest absolute Gasteiger partial charge is 0.251 e. The number of carbonyl (C=O) groups excluding carboxylic acids is 1. The quantitative estimate of drug-likeness (QED) is 0.372. The van der Waals surface area contributed by atoms with Gasteiger partial charge in [-0.1, -0.05) is 30.3 Å². The van der Waals surface area contributed by atoms with Gasteiger partial charge in [0.1, 0.15) is 5.75 Å². The minimum Gasteiger partial charge on any atom is -0.497 e. The highest BCUT2D eigenvalue weighted by Gasteiger charge is 2.41. The van der Waals surface area contributed by atoms with Crippen LogP contribution in [0.15, 0.2) is 77.2 Å². The Hall–Kier alpha value is -3.50. The van der Waals surface area contributed by atoms with Crippen LogP contribution in [0.4, 0.5) is 5.69 Å². The number of benzene rings is 3. The highest BCUT2D eigenvalue weighted by Crippen LogP contribution is 2.37. The number of methoxy groups -OCH3 is 1. The van der Waals surface area contributed by atoms with Gasteiger partial charge in [-0.3, -0.25) is 9.69 Å². The molecule has 1 amide bonds. The highest BCUT2D eigenvalue weighted by molar-refractivity contribution is 7.91. The van der Waals surface area contributed by atoms with Crippen molar-refractivity contribution in [3.63, 3.8) is 0 Å². The maximum Gasteiger partial charge on any atom is 0.251 e. The molecule has 3 aromatic carbocycles. The topological polar surface area (TPSA) is 94.2 Å². The van der Waals surface area contributed by atoms with Crippen LogP contribution in [0.25, 0.3) is 17.2 Å². The first-order chi connectivity index (χ1) is 20.7. The number of carbonyl (C=O) groups is 1. The molecule has 0 radical (unpaired) electrons. The van der Waals surface area contributed by atoms with Crippen molar-refractivity contribution in [2.45, 2.75) is 55.4 Å². The molecule has 3 aromatic rings. The van der Waals surface area contributed by atoms with Crippen LogP contribution in [-0.2, 0) is 30.7 Å². The summed E-state index contributed by atoms with van der Waals surface area (Å²) in [6.07, 6.45) is 5.79. The molecule has 0 aromatic heterocycles. The molecule has 6 rings (SSSR count).